The van der Waals surface area contributed by atoms with Crippen LogP contribution in [0.25, 0.3) is 0 Å². The first kappa shape index (κ1) is 16.5. The van der Waals surface area contributed by atoms with E-state index < -0.39 is 5.60 Å². The normalized spacial score (nSPS) is 21.4. The second-order valence-electron chi connectivity index (χ2n) is 5.41. The number of carbonyl (C=O) groups is 1. The Hall–Kier alpha value is -0.480. The monoisotopic (exact) mass is 264 g/mol. The zero-order chi connectivity index (χ0) is 12.2. The molecule has 1 saturated heterocycles. The smallest absolute Gasteiger partial charge is 0.410 e. The SMILES string of the molecule is CC(C)(C)OC(=O)N1CCCCCC1CN.Cl. The fraction of sp³-hybridized carbons (Fsp3) is 0.917. The molecule has 1 heterocycles. The van der Waals surface area contributed by atoms with Crippen LogP contribution in [-0.4, -0.2) is 35.7 Å². The molecule has 2 N–H and O–H groups in total. The van der Waals surface area contributed by atoms with Gasteiger partial charge in [-0.15, -0.1) is 12.4 Å². The lowest BCUT2D eigenvalue weighted by Gasteiger charge is -2.31. The number of rotatable bonds is 1. The fourth-order valence-electron chi connectivity index (χ4n) is 1.98. The third kappa shape index (κ3) is 5.59. The molecule has 5 heteroatoms. The minimum Gasteiger partial charge on any atom is -0.444 e. The predicted molar refractivity (Wildman–Crippen MR) is 71.5 cm³/mol. The first-order valence-corrected chi connectivity index (χ1v) is 6.14. The number of likely N-dealkylation sites (tertiary alicyclic amines) is 1. The van der Waals surface area contributed by atoms with Crippen molar-refractivity contribution in [2.45, 2.75) is 58.1 Å². The van der Waals surface area contributed by atoms with E-state index in [0.717, 1.165) is 25.8 Å². The highest BCUT2D eigenvalue weighted by Gasteiger charge is 2.28. The van der Waals surface area contributed by atoms with Crippen molar-refractivity contribution < 1.29 is 9.53 Å². The molecule has 0 aromatic carbocycles. The first-order valence-electron chi connectivity index (χ1n) is 6.14. The Bertz CT molecular complexity index is 241. The number of hydrogen-bond acceptors (Lipinski definition) is 3. The Balaban J connectivity index is 0.00000256. The number of nitrogens with two attached hydrogens (primary N) is 1. The standard InChI is InChI=1S/C12H24N2O2.ClH/c1-12(2,3)16-11(15)14-8-6-4-5-7-10(14)9-13;/h10H,4-9,13H2,1-3H3;1H. The lowest BCUT2D eigenvalue weighted by molar-refractivity contribution is 0.0174. The molecule has 1 amide bonds. The maximum Gasteiger partial charge on any atom is 0.410 e. The Morgan fingerprint density at radius 1 is 1.35 bits per heavy atom. The molecule has 1 atom stereocenters. The van der Waals surface area contributed by atoms with E-state index in [1.165, 1.54) is 6.42 Å². The van der Waals surface area contributed by atoms with E-state index in [2.05, 4.69) is 0 Å². The van der Waals surface area contributed by atoms with E-state index >= 15 is 0 Å². The molecule has 0 spiro atoms. The Morgan fingerprint density at radius 2 is 2.00 bits per heavy atom. The second-order valence-corrected chi connectivity index (χ2v) is 5.41. The summed E-state index contributed by atoms with van der Waals surface area (Å²) < 4.78 is 5.40. The topological polar surface area (TPSA) is 55.6 Å². The highest BCUT2D eigenvalue weighted by atomic mass is 35.5. The van der Waals surface area contributed by atoms with E-state index in [1.54, 1.807) is 4.90 Å². The molecule has 1 fully saturated rings. The van der Waals surface area contributed by atoms with Crippen LogP contribution in [0.15, 0.2) is 0 Å². The molecular formula is C12H25ClN2O2. The Kier molecular flexibility index (Phi) is 6.87. The van der Waals surface area contributed by atoms with Crippen LogP contribution in [0.2, 0.25) is 0 Å². The summed E-state index contributed by atoms with van der Waals surface area (Å²) in [7, 11) is 0. The van der Waals surface area contributed by atoms with Crippen molar-refractivity contribution in [1.29, 1.82) is 0 Å². The zero-order valence-electron chi connectivity index (χ0n) is 11.1. The van der Waals surface area contributed by atoms with E-state index in [4.69, 9.17) is 10.5 Å². The molecular weight excluding hydrogens is 240 g/mol. The Labute approximate surface area is 110 Å². The van der Waals surface area contributed by atoms with Crippen LogP contribution >= 0.6 is 12.4 Å². The number of hydrogen-bond donors (Lipinski definition) is 1. The molecule has 4 nitrogen and oxygen atoms in total. The highest BCUT2D eigenvalue weighted by molar-refractivity contribution is 5.85. The quantitative estimate of drug-likeness (QED) is 0.792. The van der Waals surface area contributed by atoms with Gasteiger partial charge < -0.3 is 15.4 Å². The molecule has 1 rings (SSSR count). The van der Waals surface area contributed by atoms with Gasteiger partial charge in [0.25, 0.3) is 0 Å². The highest BCUT2D eigenvalue weighted by Crippen LogP contribution is 2.19. The molecule has 0 saturated carbocycles. The van der Waals surface area contributed by atoms with Crippen molar-refractivity contribution in [2.24, 2.45) is 5.73 Å². The number of nitrogens with zero attached hydrogens (tertiary/aromatic N) is 1. The largest absolute Gasteiger partial charge is 0.444 e. The van der Waals surface area contributed by atoms with Gasteiger partial charge in [-0.25, -0.2) is 4.79 Å². The second kappa shape index (κ2) is 7.07. The molecule has 1 aliphatic heterocycles. The molecule has 1 unspecified atom stereocenters. The zero-order valence-corrected chi connectivity index (χ0v) is 11.9. The van der Waals surface area contributed by atoms with E-state index in [-0.39, 0.29) is 24.5 Å². The lowest BCUT2D eigenvalue weighted by atomic mass is 10.1. The van der Waals surface area contributed by atoms with Gasteiger partial charge in [-0.1, -0.05) is 12.8 Å². The fourth-order valence-corrected chi connectivity index (χ4v) is 1.98. The van der Waals surface area contributed by atoms with Gasteiger partial charge in [-0.3, -0.25) is 0 Å². The Morgan fingerprint density at radius 3 is 2.53 bits per heavy atom. The van der Waals surface area contributed by atoms with Crippen LogP contribution in [-0.2, 0) is 4.74 Å². The van der Waals surface area contributed by atoms with Gasteiger partial charge in [0.2, 0.25) is 0 Å². The summed E-state index contributed by atoms with van der Waals surface area (Å²) in [6.45, 7) is 6.97. The van der Waals surface area contributed by atoms with E-state index in [0.29, 0.717) is 6.54 Å². The summed E-state index contributed by atoms with van der Waals surface area (Å²) >= 11 is 0. The summed E-state index contributed by atoms with van der Waals surface area (Å²) in [4.78, 5) is 13.8. The number of ether oxygens (including phenoxy) is 1. The predicted octanol–water partition coefficient (Wildman–Crippen LogP) is 2.55. The average Bonchev–Trinajstić information content (AvgIpc) is 2.39. The third-order valence-electron chi connectivity index (χ3n) is 2.78. The first-order chi connectivity index (χ1) is 7.44. The number of carbonyl (C=O) groups excluding carboxylic acids is 1. The van der Waals surface area contributed by atoms with Gasteiger partial charge in [-0.05, 0) is 33.6 Å². The van der Waals surface area contributed by atoms with Crippen LogP contribution < -0.4 is 5.73 Å². The molecule has 1 aliphatic rings. The van der Waals surface area contributed by atoms with Crippen molar-refractivity contribution in [3.05, 3.63) is 0 Å². The van der Waals surface area contributed by atoms with Crippen molar-refractivity contribution in [3.8, 4) is 0 Å². The molecule has 102 valence electrons. The summed E-state index contributed by atoms with van der Waals surface area (Å²) in [5, 5.41) is 0. The minimum atomic E-state index is -0.428. The van der Waals surface area contributed by atoms with Gasteiger partial charge >= 0.3 is 6.09 Å². The van der Waals surface area contributed by atoms with Crippen LogP contribution in [0.1, 0.15) is 46.5 Å². The van der Waals surface area contributed by atoms with Crippen molar-refractivity contribution in [1.82, 2.24) is 4.90 Å². The van der Waals surface area contributed by atoms with Crippen molar-refractivity contribution >= 4 is 18.5 Å². The summed E-state index contributed by atoms with van der Waals surface area (Å²) in [6, 6.07) is 0.150. The number of amides is 1. The molecule has 0 aromatic heterocycles. The van der Waals surface area contributed by atoms with Gasteiger partial charge in [-0.2, -0.15) is 0 Å². The van der Waals surface area contributed by atoms with Crippen LogP contribution in [0.4, 0.5) is 4.79 Å². The van der Waals surface area contributed by atoms with Gasteiger partial charge in [0, 0.05) is 19.1 Å². The third-order valence-corrected chi connectivity index (χ3v) is 2.78. The van der Waals surface area contributed by atoms with Gasteiger partial charge in [0.15, 0.2) is 0 Å². The van der Waals surface area contributed by atoms with Crippen LogP contribution in [0, 0.1) is 0 Å². The number of halogens is 1. The molecule has 0 bridgehead atoms. The molecule has 0 aliphatic carbocycles. The summed E-state index contributed by atoms with van der Waals surface area (Å²) in [5.41, 5.74) is 5.29. The van der Waals surface area contributed by atoms with Crippen LogP contribution in [0.5, 0.6) is 0 Å². The summed E-state index contributed by atoms with van der Waals surface area (Å²) in [5.74, 6) is 0. The maximum absolute atomic E-state index is 12.0. The minimum absolute atomic E-state index is 0. The molecule has 17 heavy (non-hydrogen) atoms. The maximum atomic E-state index is 12.0. The van der Waals surface area contributed by atoms with Crippen molar-refractivity contribution in [2.75, 3.05) is 13.1 Å². The lowest BCUT2D eigenvalue weighted by Crippen LogP contribution is -2.46. The molecule has 0 aromatic rings. The summed E-state index contributed by atoms with van der Waals surface area (Å²) in [6.07, 6.45) is 4.16. The van der Waals surface area contributed by atoms with Gasteiger partial charge in [0.1, 0.15) is 5.60 Å². The van der Waals surface area contributed by atoms with Crippen LogP contribution in [0.3, 0.4) is 0 Å². The van der Waals surface area contributed by atoms with Gasteiger partial charge in [0.05, 0.1) is 0 Å². The molecule has 0 radical (unpaired) electrons. The van der Waals surface area contributed by atoms with E-state index in [9.17, 15) is 4.79 Å². The average molecular weight is 265 g/mol. The van der Waals surface area contributed by atoms with Crippen molar-refractivity contribution in [3.63, 3.8) is 0 Å². The van der Waals surface area contributed by atoms with E-state index in [1.807, 2.05) is 20.8 Å².